The number of benzene rings is 1. The molecule has 2 nitrogen and oxygen atoms in total. The van der Waals surface area contributed by atoms with Crippen LogP contribution in [0.5, 0.6) is 0 Å². The molecule has 20 heavy (non-hydrogen) atoms. The van der Waals surface area contributed by atoms with E-state index in [-0.39, 0.29) is 5.38 Å². The van der Waals surface area contributed by atoms with Gasteiger partial charge in [-0.05, 0) is 43.9 Å². The van der Waals surface area contributed by atoms with E-state index in [1.165, 1.54) is 12.2 Å². The molecule has 1 unspecified atom stereocenters. The van der Waals surface area contributed by atoms with Crippen LogP contribution in [0.25, 0.3) is 11.0 Å². The van der Waals surface area contributed by atoms with E-state index in [0.29, 0.717) is 10.0 Å². The van der Waals surface area contributed by atoms with E-state index in [0.717, 1.165) is 29.8 Å². The quantitative estimate of drug-likeness (QED) is 0.484. The topological polar surface area (TPSA) is 17.8 Å². The van der Waals surface area contributed by atoms with E-state index in [2.05, 4.69) is 15.8 Å². The molecule has 1 heterocycles. The average Bonchev–Trinajstić information content (AvgIpc) is 2.74. The summed E-state index contributed by atoms with van der Waals surface area (Å²) in [4.78, 5) is 4.60. The lowest BCUT2D eigenvalue weighted by Crippen LogP contribution is -2.05. The second kappa shape index (κ2) is 7.26. The minimum atomic E-state index is -0.138. The molecular weight excluding hydrogens is 335 g/mol. The number of halogens is 3. The predicted molar refractivity (Wildman–Crippen MR) is 91.6 cm³/mol. The minimum absolute atomic E-state index is 0.138. The van der Waals surface area contributed by atoms with Crippen LogP contribution in [0, 0.1) is 0 Å². The third-order valence-corrected chi connectivity index (χ3v) is 4.77. The van der Waals surface area contributed by atoms with Crippen LogP contribution in [0.15, 0.2) is 12.1 Å². The first-order valence-electron chi connectivity index (χ1n) is 6.52. The van der Waals surface area contributed by atoms with Crippen LogP contribution in [0.2, 0.25) is 10.0 Å². The van der Waals surface area contributed by atoms with Gasteiger partial charge in [-0.3, -0.25) is 0 Å². The van der Waals surface area contributed by atoms with Gasteiger partial charge in [0.1, 0.15) is 5.82 Å². The van der Waals surface area contributed by atoms with E-state index in [1.54, 1.807) is 6.07 Å². The van der Waals surface area contributed by atoms with Crippen molar-refractivity contribution in [3.8, 4) is 0 Å². The highest BCUT2D eigenvalue weighted by Gasteiger charge is 2.16. The number of hydrogen-bond acceptors (Lipinski definition) is 2. The Labute approximate surface area is 138 Å². The van der Waals surface area contributed by atoms with Crippen molar-refractivity contribution in [3.63, 3.8) is 0 Å². The Hall–Kier alpha value is -0.0900. The maximum atomic E-state index is 6.25. The summed E-state index contributed by atoms with van der Waals surface area (Å²) >= 11 is 20.3. The first-order valence-corrected chi connectivity index (χ1v) is 9.11. The molecule has 0 bridgehead atoms. The molecule has 2 rings (SSSR count). The van der Waals surface area contributed by atoms with Gasteiger partial charge in [0, 0.05) is 6.54 Å². The summed E-state index contributed by atoms with van der Waals surface area (Å²) in [7, 11) is 0. The molecule has 110 valence electrons. The first kappa shape index (κ1) is 16.3. The highest BCUT2D eigenvalue weighted by Crippen LogP contribution is 2.31. The maximum Gasteiger partial charge on any atom is 0.127 e. The summed E-state index contributed by atoms with van der Waals surface area (Å²) in [5.41, 5.74) is 1.86. The Morgan fingerprint density at radius 1 is 1.25 bits per heavy atom. The Bertz CT molecular complexity index is 596. The van der Waals surface area contributed by atoms with Gasteiger partial charge >= 0.3 is 0 Å². The van der Waals surface area contributed by atoms with Crippen LogP contribution in [-0.2, 0) is 6.54 Å². The summed E-state index contributed by atoms with van der Waals surface area (Å²) < 4.78 is 2.16. The lowest BCUT2D eigenvalue weighted by Gasteiger charge is -2.10. The number of alkyl halides is 1. The molecule has 2 aromatic rings. The molecule has 1 aromatic carbocycles. The maximum absolute atomic E-state index is 6.25. The number of unbranched alkanes of at least 4 members (excludes halogenated alkanes) is 1. The Balaban J connectivity index is 2.37. The lowest BCUT2D eigenvalue weighted by molar-refractivity contribution is 0.619. The number of rotatable bonds is 6. The Morgan fingerprint density at radius 2 is 1.95 bits per heavy atom. The van der Waals surface area contributed by atoms with Crippen molar-refractivity contribution in [2.45, 2.75) is 31.7 Å². The van der Waals surface area contributed by atoms with Gasteiger partial charge < -0.3 is 4.57 Å². The summed E-state index contributed by atoms with van der Waals surface area (Å²) in [5, 5.41) is 0.943. The van der Waals surface area contributed by atoms with Gasteiger partial charge in [0.2, 0.25) is 0 Å². The van der Waals surface area contributed by atoms with Gasteiger partial charge in [0.05, 0.1) is 26.5 Å². The summed E-state index contributed by atoms with van der Waals surface area (Å²) in [6.07, 6.45) is 4.40. The molecule has 0 aliphatic heterocycles. The van der Waals surface area contributed by atoms with Crippen molar-refractivity contribution in [2.24, 2.45) is 0 Å². The van der Waals surface area contributed by atoms with Gasteiger partial charge in [0.15, 0.2) is 0 Å². The molecule has 0 radical (unpaired) electrons. The van der Waals surface area contributed by atoms with Gasteiger partial charge in [0.25, 0.3) is 0 Å². The summed E-state index contributed by atoms with van der Waals surface area (Å²) in [6, 6.07) is 3.68. The Kier molecular flexibility index (Phi) is 5.91. The molecule has 1 aromatic heterocycles. The molecular formula is C14H17Cl3N2S. The fourth-order valence-corrected chi connectivity index (χ4v) is 3.17. The van der Waals surface area contributed by atoms with Crippen molar-refractivity contribution >= 4 is 57.6 Å². The normalized spacial score (nSPS) is 13.1. The first-order chi connectivity index (χ1) is 9.54. The van der Waals surface area contributed by atoms with Crippen LogP contribution in [-0.4, -0.2) is 21.6 Å². The SMILES string of the molecule is CSCCCCn1c(C(C)Cl)nc2cc(Cl)c(Cl)cc21. The van der Waals surface area contributed by atoms with Crippen LogP contribution in [0.3, 0.4) is 0 Å². The lowest BCUT2D eigenvalue weighted by atomic mass is 10.3. The highest BCUT2D eigenvalue weighted by molar-refractivity contribution is 7.98. The second-order valence-electron chi connectivity index (χ2n) is 4.69. The minimum Gasteiger partial charge on any atom is -0.327 e. The standard InChI is InChI=1S/C14H17Cl3N2S/c1-9(15)14-18-12-7-10(16)11(17)8-13(12)19(14)5-3-4-6-20-2/h7-9H,3-6H2,1-2H3. The molecule has 0 saturated heterocycles. The third-order valence-electron chi connectivity index (χ3n) is 3.16. The van der Waals surface area contributed by atoms with E-state index < -0.39 is 0 Å². The zero-order valence-electron chi connectivity index (χ0n) is 11.5. The molecule has 0 aliphatic rings. The van der Waals surface area contributed by atoms with E-state index in [1.807, 2.05) is 24.8 Å². The smallest absolute Gasteiger partial charge is 0.127 e. The predicted octanol–water partition coefficient (Wildman–Crippen LogP) is 5.79. The molecule has 0 aliphatic carbocycles. The summed E-state index contributed by atoms with van der Waals surface area (Å²) in [6.45, 7) is 2.84. The number of hydrogen-bond donors (Lipinski definition) is 0. The van der Waals surface area contributed by atoms with E-state index >= 15 is 0 Å². The average molecular weight is 352 g/mol. The monoisotopic (exact) mass is 350 g/mol. The van der Waals surface area contributed by atoms with Gasteiger partial charge in [-0.25, -0.2) is 4.98 Å². The van der Waals surface area contributed by atoms with Crippen molar-refractivity contribution in [2.75, 3.05) is 12.0 Å². The van der Waals surface area contributed by atoms with Crippen LogP contribution in [0.4, 0.5) is 0 Å². The highest BCUT2D eigenvalue weighted by atomic mass is 35.5. The van der Waals surface area contributed by atoms with Gasteiger partial charge in [-0.15, -0.1) is 11.6 Å². The number of thioether (sulfide) groups is 1. The number of imidazole rings is 1. The van der Waals surface area contributed by atoms with Gasteiger partial charge in [-0.2, -0.15) is 11.8 Å². The van der Waals surface area contributed by atoms with Crippen molar-refractivity contribution in [1.82, 2.24) is 9.55 Å². The third kappa shape index (κ3) is 3.56. The number of nitrogens with zero attached hydrogens (tertiary/aromatic N) is 2. The molecule has 0 N–H and O–H groups in total. The van der Waals surface area contributed by atoms with E-state index in [9.17, 15) is 0 Å². The fourth-order valence-electron chi connectivity index (χ4n) is 2.19. The zero-order valence-corrected chi connectivity index (χ0v) is 14.6. The Morgan fingerprint density at radius 3 is 2.60 bits per heavy atom. The van der Waals surface area contributed by atoms with Gasteiger partial charge in [-0.1, -0.05) is 23.2 Å². The van der Waals surface area contributed by atoms with E-state index in [4.69, 9.17) is 34.8 Å². The second-order valence-corrected chi connectivity index (χ2v) is 7.15. The molecule has 0 amide bonds. The number of fused-ring (bicyclic) bond motifs is 1. The molecule has 0 fully saturated rings. The largest absolute Gasteiger partial charge is 0.327 e. The van der Waals surface area contributed by atoms with Crippen LogP contribution >= 0.6 is 46.6 Å². The molecule has 6 heteroatoms. The van der Waals surface area contributed by atoms with Crippen LogP contribution < -0.4 is 0 Å². The van der Waals surface area contributed by atoms with Crippen molar-refractivity contribution in [3.05, 3.63) is 28.0 Å². The summed E-state index contributed by atoms with van der Waals surface area (Å²) in [5.74, 6) is 2.05. The number of aryl methyl sites for hydroxylation is 1. The number of aromatic nitrogens is 2. The van der Waals surface area contributed by atoms with Crippen molar-refractivity contribution in [1.29, 1.82) is 0 Å². The zero-order chi connectivity index (χ0) is 14.7. The molecule has 1 atom stereocenters. The molecule has 0 saturated carbocycles. The molecule has 0 spiro atoms. The fraction of sp³-hybridized carbons (Fsp3) is 0.500. The van der Waals surface area contributed by atoms with Crippen molar-refractivity contribution < 1.29 is 0 Å². The van der Waals surface area contributed by atoms with Crippen LogP contribution in [0.1, 0.15) is 31.0 Å².